The molecule has 24 nitrogen and oxygen atoms in total. The molecule has 0 atom stereocenters. The fourth-order valence-corrected chi connectivity index (χ4v) is 7.57. The number of ether oxygens (including phenoxy) is 3. The Labute approximate surface area is 865 Å². The topological polar surface area (TPSA) is 376 Å². The van der Waals surface area contributed by atoms with Gasteiger partial charge in [-0.3, -0.25) is 26.4 Å². The fraction of sp³-hybridized carbons (Fsp3) is 0.733. The van der Waals surface area contributed by atoms with Gasteiger partial charge in [0.2, 0.25) is 25.6 Å². The van der Waals surface area contributed by atoms with Crippen LogP contribution in [0, 0.1) is 0 Å². The van der Waals surface area contributed by atoms with E-state index in [1.165, 1.54) is 69.4 Å². The number of alkyl halides is 7. The molecule has 0 bridgehead atoms. The average molecular weight is 2100 g/mol. The summed E-state index contributed by atoms with van der Waals surface area (Å²) < 4.78 is 196. The van der Waals surface area contributed by atoms with Crippen molar-refractivity contribution in [1.29, 1.82) is 0 Å². The van der Waals surface area contributed by atoms with E-state index in [4.69, 9.17) is 43.9 Å². The second-order valence-electron chi connectivity index (χ2n) is 21.8. The number of allylic oxidation sites excluding steroid dienone is 1. The number of rotatable bonds is 33. The minimum absolute atomic E-state index is 0. The van der Waals surface area contributed by atoms with Gasteiger partial charge in [0.05, 0.1) is 51.6 Å². The predicted octanol–water partition coefficient (Wildman–Crippen LogP) is 22.2. The Kier molecular flexibility index (Phi) is 229. The van der Waals surface area contributed by atoms with Crippen LogP contribution in [-0.2, 0) is 118 Å². The van der Waals surface area contributed by atoms with Crippen LogP contribution in [0.5, 0.6) is 0 Å². The fourth-order valence-electron chi connectivity index (χ4n) is 5.39. The second kappa shape index (κ2) is 144. The van der Waals surface area contributed by atoms with Crippen molar-refractivity contribution in [2.45, 2.75) is 354 Å². The number of nitrogens with one attached hydrogen (secondary N) is 1. The first-order valence-corrected chi connectivity index (χ1v) is 46.3. The Bertz CT molecular complexity index is 2990. The zero-order valence-electron chi connectivity index (χ0n) is 70.1. The Morgan fingerprint density at radius 1 is 0.480 bits per heavy atom. The van der Waals surface area contributed by atoms with Crippen molar-refractivity contribution in [3.63, 3.8) is 0 Å². The van der Waals surface area contributed by atoms with E-state index in [-0.39, 0.29) is 221 Å². The molecule has 0 aliphatic heterocycles. The monoisotopic (exact) mass is 2100 g/mol. The molecular formula is C86H187BrCl4F3KNNaO23S5. The van der Waals surface area contributed by atoms with Crippen molar-refractivity contribution in [3.8, 4) is 0 Å². The van der Waals surface area contributed by atoms with Crippen molar-refractivity contribution >= 4 is 138 Å². The van der Waals surface area contributed by atoms with E-state index in [2.05, 4.69) is 140 Å². The second-order valence-corrected chi connectivity index (χ2v) is 30.8. The molecule has 0 fully saturated rings. The molecule has 0 amide bonds. The van der Waals surface area contributed by atoms with Crippen LogP contribution in [0.3, 0.4) is 0 Å². The smallest absolute Gasteiger partial charge is 0.726 e. The van der Waals surface area contributed by atoms with Crippen LogP contribution in [0.2, 0.25) is 0 Å². The number of halogens is 8. The molecule has 3 aromatic rings. The molecule has 0 saturated heterocycles. The molecule has 0 spiro atoms. The molecule has 3 aromatic carbocycles. The van der Waals surface area contributed by atoms with Gasteiger partial charge in [-0.25, -0.2) is 26.4 Å². The first-order valence-electron chi connectivity index (χ1n) is 36.0. The summed E-state index contributed by atoms with van der Waals surface area (Å²) in [6.45, 7) is 37.8. The molecule has 0 radical (unpaired) electrons. The zero-order valence-corrected chi connectivity index (χ0v) is 84.0. The van der Waals surface area contributed by atoms with E-state index in [0.29, 0.717) is 51.2 Å². The van der Waals surface area contributed by atoms with Gasteiger partial charge in [-0.15, -0.1) is 30.6 Å². The van der Waals surface area contributed by atoms with Gasteiger partial charge in [-0.2, -0.15) is 38.4 Å². The molecule has 0 saturated carbocycles. The molecule has 0 aromatic heterocycles. The van der Waals surface area contributed by atoms with E-state index < -0.39 is 80.0 Å². The summed E-state index contributed by atoms with van der Waals surface area (Å²) in [4.78, 5) is 29.2. The number of hydrogen-bond donors (Lipinski definition) is 3. The van der Waals surface area contributed by atoms with Crippen LogP contribution in [0.15, 0.2) is 91.5 Å². The van der Waals surface area contributed by atoms with Gasteiger partial charge in [-0.05, 0) is 118 Å². The van der Waals surface area contributed by atoms with Crippen molar-refractivity contribution in [1.82, 2.24) is 0 Å². The minimum Gasteiger partial charge on any atom is -0.726 e. The average Bonchev–Trinajstić information content (AvgIpc) is 0.932. The summed E-state index contributed by atoms with van der Waals surface area (Å²) in [5, 5.41) is 3.78. The maximum Gasteiger partial charge on any atom is 1.00 e. The van der Waals surface area contributed by atoms with E-state index in [1.807, 2.05) is 77.1 Å². The minimum atomic E-state index is -4.85. The first kappa shape index (κ1) is 199. The van der Waals surface area contributed by atoms with Crippen LogP contribution < -0.4 is 86.3 Å². The SMILES string of the molecule is C.C.C.C.C.C.C.C.C.C.C.C.C.C=CC.CCCBr.CCCC.CCCCC.CCCCl.CCCOC(=O)C(Cl)Cl.CCCOC(=O)C(F)(F)F.CCCOC(C)=O.CCCOS(=O)(=O)[O-].CCCOS(=O)(=O)[O-].CCCOS(C)(=O)=O.CCCc1ccc(CCS(=O)(=O)O)cc1.CCCc1cccc(NCS(=O)(=O)O)c1.CCCc1ccccc1.Cl.[K+].[Na+]. The van der Waals surface area contributed by atoms with E-state index in [9.17, 15) is 78.7 Å². The summed E-state index contributed by atoms with van der Waals surface area (Å²) in [6, 6.07) is 25.9. The molecule has 0 aliphatic carbocycles. The van der Waals surface area contributed by atoms with Gasteiger partial charge in [0.15, 0.2) is 0 Å². The molecule has 125 heavy (non-hydrogen) atoms. The summed E-state index contributed by atoms with van der Waals surface area (Å²) >= 11 is 18.7. The number of esters is 3. The summed E-state index contributed by atoms with van der Waals surface area (Å²) in [5.74, 6) is -2.75. The Morgan fingerprint density at radius 2 is 0.784 bits per heavy atom. The summed E-state index contributed by atoms with van der Waals surface area (Å²) in [5.41, 5.74) is 5.50. The third-order valence-corrected chi connectivity index (χ3v) is 14.5. The van der Waals surface area contributed by atoms with Gasteiger partial charge >= 0.3 is 105 Å². The molecular weight excluding hydrogens is 1920 g/mol. The number of carbonyl (C=O) groups excluding carboxylic acids is 3. The molecule has 3 rings (SSSR count). The van der Waals surface area contributed by atoms with E-state index in [1.54, 1.807) is 32.9 Å². The first-order chi connectivity index (χ1) is 50.6. The van der Waals surface area contributed by atoms with Crippen molar-refractivity contribution in [2.24, 2.45) is 0 Å². The maximum absolute atomic E-state index is 11.3. The number of hydrogen-bond acceptors (Lipinski definition) is 22. The Morgan fingerprint density at radius 3 is 1.01 bits per heavy atom. The quantitative estimate of drug-likeness (QED) is 0.00745. The summed E-state index contributed by atoms with van der Waals surface area (Å²) in [6.07, 6.45) is 17.8. The number of anilines is 1. The molecule has 0 unspecified atom stereocenters. The normalized spacial score (nSPS) is 8.91. The largest absolute Gasteiger partial charge is 1.00 e. The zero-order chi connectivity index (χ0) is 87.3. The predicted molar refractivity (Wildman–Crippen MR) is 537 cm³/mol. The molecule has 0 aliphatic rings. The summed E-state index contributed by atoms with van der Waals surface area (Å²) in [7, 11) is -19.9. The molecule has 762 valence electrons. The third-order valence-electron chi connectivity index (χ3n) is 10.3. The standard InChI is InChI=1S/C11H16O3S.C10H15NO3S.C9H12.C5H8Cl2O2.C5H7F3O2.C5H10O2.C5H12.C4H10O3S.C4H10.C3H7Br.C3H7Cl.2C3H8O4S.C3H6.13CH4.ClH.K.Na/c1-2-3-10-4-6-11(7-5-10)8-9-15(12,13)14;1-2-4-9-5-3-6-10(7-9)11-8-15(12,13)14;1-2-6-9-7-4-3-5-8-9;1-2-3-9-5(8)4(6)7;1-2-3-10-4(9)5(6,7)8;1-3-4-7-5(2)6;1-3-5-4-2;1-3-4-7-8(2,5)6;1-3-4-2;2*1-2-3-4;2*1-2-3-7-8(4,5)6;1-3-2;;;;;;;;;;;;;;;;/h4-7H,2-3,8-9H2,1H3,(H,12,13,14);3,5-7,11H,2,4,8H2,1H3,(H,12,13,14);3-5,7-8H,2,6H2,1H3;4H,2-3H2,1H3;2-3H2,1H3;3-4H2,1-2H3;3-5H2,1-2H3;3-4H2,1-2H3;3-4H2,1-2H3;2*2-3H2,1H3;2*2-3H2,1H3,(H,4,5,6);3H,1H2,2H3;13*1H4;1H;;/q;;;;;;;;;;;;;;;;;;;;;;;;;;;;2*+1/p-2. The van der Waals surface area contributed by atoms with Crippen molar-refractivity contribution < 1.29 is 196 Å². The number of unbranched alkanes of at least 4 members (excludes halogenated alkanes) is 3. The van der Waals surface area contributed by atoms with Crippen molar-refractivity contribution in [3.05, 3.63) is 114 Å². The third kappa shape index (κ3) is 222. The van der Waals surface area contributed by atoms with Crippen LogP contribution in [0.25, 0.3) is 0 Å². The van der Waals surface area contributed by atoms with E-state index >= 15 is 0 Å². The molecule has 0 heterocycles. The van der Waals surface area contributed by atoms with E-state index in [0.717, 1.165) is 80.0 Å². The number of carbonyl (C=O) groups is 3. The van der Waals surface area contributed by atoms with Gasteiger partial charge in [0, 0.05) is 23.8 Å². The van der Waals surface area contributed by atoms with Gasteiger partial charge in [0.1, 0.15) is 5.88 Å². The van der Waals surface area contributed by atoms with Crippen molar-refractivity contribution in [2.75, 3.05) is 74.1 Å². The van der Waals surface area contributed by atoms with Gasteiger partial charge < -0.3 is 28.6 Å². The maximum atomic E-state index is 11.3. The Hall–Kier alpha value is -0.854. The molecule has 39 heteroatoms. The Balaban J connectivity index is -0.0000000334. The molecule has 3 N–H and O–H groups in total. The van der Waals surface area contributed by atoms with Gasteiger partial charge in [-0.1, -0.05) is 364 Å². The number of aryl methyl sites for hydroxylation is 4. The van der Waals surface area contributed by atoms with Crippen LogP contribution in [0.4, 0.5) is 18.9 Å². The number of benzene rings is 3. The van der Waals surface area contributed by atoms with Crippen LogP contribution >= 0.6 is 63.1 Å². The van der Waals surface area contributed by atoms with Crippen LogP contribution in [0.1, 0.15) is 339 Å². The van der Waals surface area contributed by atoms with Crippen LogP contribution in [-0.4, -0.2) is 158 Å². The van der Waals surface area contributed by atoms with Gasteiger partial charge in [0.25, 0.3) is 30.4 Å².